The Morgan fingerprint density at radius 2 is 2.06 bits per heavy atom. The van der Waals surface area contributed by atoms with Crippen molar-refractivity contribution in [3.63, 3.8) is 0 Å². The van der Waals surface area contributed by atoms with Crippen LogP contribution in [0.15, 0.2) is 12.1 Å². The summed E-state index contributed by atoms with van der Waals surface area (Å²) in [6.07, 6.45) is 1.14. The Morgan fingerprint density at radius 3 is 2.75 bits per heavy atom. The number of benzene rings is 1. The molecule has 1 heterocycles. The number of hydrogen-bond acceptors (Lipinski definition) is 5. The van der Waals surface area contributed by atoms with Gasteiger partial charge in [-0.05, 0) is 24.5 Å². The molecule has 0 unspecified atom stereocenters. The fraction of sp³-hybridized carbons (Fsp3) is 0.400. The molecule has 2 rings (SSSR count). The Labute approximate surface area is 93.4 Å². The van der Waals surface area contributed by atoms with E-state index in [0.717, 1.165) is 5.56 Å². The second kappa shape index (κ2) is 4.73. The molecule has 5 nitrogen and oxygen atoms in total. The molecule has 0 aromatic heterocycles. The molecule has 0 aliphatic carbocycles. The highest BCUT2D eigenvalue weighted by Gasteiger charge is 2.27. The molecule has 0 saturated heterocycles. The van der Waals surface area contributed by atoms with Gasteiger partial charge >= 0.3 is 7.12 Å². The Balaban J connectivity index is 2.37. The van der Waals surface area contributed by atoms with Gasteiger partial charge in [-0.15, -0.1) is 0 Å². The highest BCUT2D eigenvalue weighted by Crippen LogP contribution is 2.31. The van der Waals surface area contributed by atoms with Crippen LogP contribution in [0, 0.1) is 0 Å². The number of ether oxygens (including phenoxy) is 2. The van der Waals surface area contributed by atoms with Crippen molar-refractivity contribution in [2.24, 2.45) is 0 Å². The minimum Gasteiger partial charge on any atom is -0.454 e. The van der Waals surface area contributed by atoms with E-state index in [1.807, 2.05) is 0 Å². The van der Waals surface area contributed by atoms with E-state index in [1.165, 1.54) is 0 Å². The van der Waals surface area contributed by atoms with E-state index in [1.54, 1.807) is 12.1 Å². The summed E-state index contributed by atoms with van der Waals surface area (Å²) in [5.74, 6) is 0.918. The average molecular weight is 224 g/mol. The van der Waals surface area contributed by atoms with E-state index < -0.39 is 7.12 Å². The quantitative estimate of drug-likeness (QED) is 0.573. The van der Waals surface area contributed by atoms with Gasteiger partial charge in [-0.2, -0.15) is 0 Å². The molecule has 16 heavy (non-hydrogen) atoms. The maximum atomic E-state index is 9.33. The van der Waals surface area contributed by atoms with Crippen molar-refractivity contribution in [1.82, 2.24) is 0 Å². The van der Waals surface area contributed by atoms with E-state index in [-0.39, 0.29) is 13.4 Å². The highest BCUT2D eigenvalue weighted by molar-refractivity contribution is 6.60. The zero-order chi connectivity index (χ0) is 11.5. The minimum absolute atomic E-state index is 0.0649. The van der Waals surface area contributed by atoms with Gasteiger partial charge in [0.15, 0.2) is 11.5 Å². The van der Waals surface area contributed by atoms with Crippen molar-refractivity contribution in [3.8, 4) is 11.5 Å². The van der Waals surface area contributed by atoms with E-state index in [9.17, 15) is 10.0 Å². The van der Waals surface area contributed by atoms with Crippen LogP contribution in [0.5, 0.6) is 11.5 Å². The fourth-order valence-corrected chi connectivity index (χ4v) is 1.81. The molecule has 86 valence electrons. The normalized spacial score (nSPS) is 12.9. The summed E-state index contributed by atoms with van der Waals surface area (Å²) in [5, 5.41) is 27.4. The maximum Gasteiger partial charge on any atom is 0.492 e. The Kier molecular flexibility index (Phi) is 3.33. The van der Waals surface area contributed by atoms with Crippen LogP contribution in [0.1, 0.15) is 12.0 Å². The molecular formula is C10H13BO5. The first-order valence-electron chi connectivity index (χ1n) is 5.12. The largest absolute Gasteiger partial charge is 0.492 e. The predicted octanol–water partition coefficient (Wildman–Crippen LogP) is -0.980. The summed E-state index contributed by atoms with van der Waals surface area (Å²) >= 11 is 0. The zero-order valence-corrected chi connectivity index (χ0v) is 8.72. The van der Waals surface area contributed by atoms with Crippen LogP contribution in [-0.2, 0) is 6.42 Å². The van der Waals surface area contributed by atoms with Gasteiger partial charge in [0, 0.05) is 12.1 Å². The molecule has 0 amide bonds. The first-order valence-corrected chi connectivity index (χ1v) is 5.12. The Hall–Kier alpha value is -1.24. The smallest absolute Gasteiger partial charge is 0.454 e. The third-order valence-corrected chi connectivity index (χ3v) is 2.53. The third-order valence-electron chi connectivity index (χ3n) is 2.53. The zero-order valence-electron chi connectivity index (χ0n) is 8.72. The van der Waals surface area contributed by atoms with Gasteiger partial charge in [0.05, 0.1) is 0 Å². The van der Waals surface area contributed by atoms with E-state index >= 15 is 0 Å². The number of aliphatic hydroxyl groups excluding tert-OH is 1. The van der Waals surface area contributed by atoms with Crippen LogP contribution < -0.4 is 14.9 Å². The number of fused-ring (bicyclic) bond motifs is 1. The molecule has 0 radical (unpaired) electrons. The molecule has 1 aliphatic rings. The number of hydrogen-bond donors (Lipinski definition) is 3. The van der Waals surface area contributed by atoms with Crippen molar-refractivity contribution in [1.29, 1.82) is 0 Å². The number of aryl methyl sites for hydroxylation is 1. The van der Waals surface area contributed by atoms with Crippen molar-refractivity contribution < 1.29 is 24.6 Å². The van der Waals surface area contributed by atoms with Crippen molar-refractivity contribution >= 4 is 12.6 Å². The lowest BCUT2D eigenvalue weighted by atomic mass is 9.75. The lowest BCUT2D eigenvalue weighted by Gasteiger charge is -2.11. The monoisotopic (exact) mass is 224 g/mol. The minimum atomic E-state index is -1.59. The Morgan fingerprint density at radius 1 is 1.25 bits per heavy atom. The lowest BCUT2D eigenvalue weighted by Crippen LogP contribution is -2.34. The summed E-state index contributed by atoms with van der Waals surface area (Å²) in [7, 11) is -1.59. The van der Waals surface area contributed by atoms with Crippen LogP contribution in [0.3, 0.4) is 0 Å². The Bertz CT molecular complexity index is 380. The molecular weight excluding hydrogens is 211 g/mol. The summed E-state index contributed by atoms with van der Waals surface area (Å²) in [5.41, 5.74) is 1.09. The van der Waals surface area contributed by atoms with E-state index in [4.69, 9.17) is 14.6 Å². The fourth-order valence-electron chi connectivity index (χ4n) is 1.81. The van der Waals surface area contributed by atoms with Crippen LogP contribution in [0.2, 0.25) is 0 Å². The summed E-state index contributed by atoms with van der Waals surface area (Å²) < 4.78 is 10.4. The van der Waals surface area contributed by atoms with Crippen molar-refractivity contribution in [2.75, 3.05) is 13.4 Å². The predicted molar refractivity (Wildman–Crippen MR) is 57.8 cm³/mol. The van der Waals surface area contributed by atoms with E-state index in [2.05, 4.69) is 0 Å². The summed E-state index contributed by atoms with van der Waals surface area (Å²) in [6.45, 7) is 0.161. The molecule has 0 fully saturated rings. The highest BCUT2D eigenvalue weighted by atomic mass is 16.7. The SMILES string of the molecule is OCCCc1ccc2c(c1B(O)O)OCO2. The van der Waals surface area contributed by atoms with Gasteiger partial charge in [0.25, 0.3) is 0 Å². The van der Waals surface area contributed by atoms with Gasteiger partial charge < -0.3 is 24.6 Å². The molecule has 1 aromatic carbocycles. The van der Waals surface area contributed by atoms with E-state index in [0.29, 0.717) is 29.8 Å². The molecule has 0 atom stereocenters. The van der Waals surface area contributed by atoms with Crippen LogP contribution in [-0.4, -0.2) is 35.7 Å². The van der Waals surface area contributed by atoms with Gasteiger partial charge in [-0.25, -0.2) is 0 Å². The first kappa shape index (κ1) is 11.3. The standard InChI is InChI=1S/C10H13BO5/c12-5-1-2-7-3-4-8-10(16-6-15-8)9(7)11(13)14/h3-4,12-14H,1-2,5-6H2. The molecule has 6 heteroatoms. The average Bonchev–Trinajstić information content (AvgIpc) is 2.72. The first-order chi connectivity index (χ1) is 7.74. The van der Waals surface area contributed by atoms with Crippen molar-refractivity contribution in [3.05, 3.63) is 17.7 Å². The lowest BCUT2D eigenvalue weighted by molar-refractivity contribution is 0.174. The van der Waals surface area contributed by atoms with Gasteiger partial charge in [0.2, 0.25) is 6.79 Å². The number of aliphatic hydroxyl groups is 1. The molecule has 0 spiro atoms. The maximum absolute atomic E-state index is 9.33. The number of rotatable bonds is 4. The molecule has 3 N–H and O–H groups in total. The van der Waals surface area contributed by atoms with Gasteiger partial charge in [-0.1, -0.05) is 6.07 Å². The molecule has 1 aromatic rings. The van der Waals surface area contributed by atoms with Gasteiger partial charge in [0.1, 0.15) is 0 Å². The second-order valence-corrected chi connectivity index (χ2v) is 3.57. The van der Waals surface area contributed by atoms with Crippen LogP contribution in [0.4, 0.5) is 0 Å². The van der Waals surface area contributed by atoms with Crippen LogP contribution >= 0.6 is 0 Å². The topological polar surface area (TPSA) is 79.2 Å². The molecule has 0 saturated carbocycles. The molecule has 0 bridgehead atoms. The van der Waals surface area contributed by atoms with Gasteiger partial charge in [-0.3, -0.25) is 0 Å². The van der Waals surface area contributed by atoms with Crippen LogP contribution in [0.25, 0.3) is 0 Å². The summed E-state index contributed by atoms with van der Waals surface area (Å²) in [6, 6.07) is 3.50. The third kappa shape index (κ3) is 1.99. The van der Waals surface area contributed by atoms with Crippen molar-refractivity contribution in [2.45, 2.75) is 12.8 Å². The summed E-state index contributed by atoms with van der Waals surface area (Å²) in [4.78, 5) is 0. The molecule has 1 aliphatic heterocycles. The second-order valence-electron chi connectivity index (χ2n) is 3.57.